The molecule has 3 aliphatic rings. The predicted molar refractivity (Wildman–Crippen MR) is 117 cm³/mol. The summed E-state index contributed by atoms with van der Waals surface area (Å²) in [5.74, 6) is 0.506. The molecule has 0 radical (unpaired) electrons. The van der Waals surface area contributed by atoms with E-state index in [0.717, 1.165) is 42.8 Å². The number of methoxy groups -OCH3 is 1. The monoisotopic (exact) mass is 443 g/mol. The minimum atomic E-state index is -3.66. The Morgan fingerprint density at radius 3 is 2.71 bits per heavy atom. The highest BCUT2D eigenvalue weighted by molar-refractivity contribution is 7.89. The molecule has 0 bridgehead atoms. The molecule has 1 saturated heterocycles. The maximum atomic E-state index is 13.1. The van der Waals surface area contributed by atoms with Crippen molar-refractivity contribution in [2.24, 2.45) is 0 Å². The van der Waals surface area contributed by atoms with Gasteiger partial charge in [-0.05, 0) is 50.0 Å². The number of nitrogens with one attached hydrogen (secondary N) is 2. The predicted octanol–water partition coefficient (Wildman–Crippen LogP) is 2.42. The Labute approximate surface area is 181 Å². The topological polar surface area (TPSA) is 101 Å². The van der Waals surface area contributed by atoms with Gasteiger partial charge in [0.15, 0.2) is 0 Å². The van der Waals surface area contributed by atoms with Gasteiger partial charge in [0.2, 0.25) is 10.0 Å². The first-order valence-corrected chi connectivity index (χ1v) is 12.0. The van der Waals surface area contributed by atoms with E-state index in [1.807, 2.05) is 0 Å². The SMILES string of the molecule is COc1c(C=C2C(=O)Nc3ccc(S(=O)(=O)N4CCOCC4)cc32)[nH]c2c1CCCC2. The molecule has 9 heteroatoms. The van der Waals surface area contributed by atoms with E-state index in [4.69, 9.17) is 9.47 Å². The third kappa shape index (κ3) is 3.46. The Bertz CT molecular complexity index is 1180. The van der Waals surface area contributed by atoms with Crippen LogP contribution in [0.2, 0.25) is 0 Å². The van der Waals surface area contributed by atoms with Crippen molar-refractivity contribution in [2.45, 2.75) is 30.6 Å². The molecule has 5 rings (SSSR count). The van der Waals surface area contributed by atoms with Gasteiger partial charge < -0.3 is 19.8 Å². The van der Waals surface area contributed by atoms with Gasteiger partial charge in [0.1, 0.15) is 5.75 Å². The van der Waals surface area contributed by atoms with Gasteiger partial charge >= 0.3 is 0 Å². The number of rotatable bonds is 4. The van der Waals surface area contributed by atoms with E-state index in [1.165, 1.54) is 9.87 Å². The smallest absolute Gasteiger partial charge is 0.256 e. The molecule has 31 heavy (non-hydrogen) atoms. The molecule has 2 N–H and O–H groups in total. The molecule has 2 aliphatic heterocycles. The van der Waals surface area contributed by atoms with Crippen LogP contribution in [0, 0.1) is 0 Å². The molecule has 0 saturated carbocycles. The second kappa shape index (κ2) is 7.81. The minimum absolute atomic E-state index is 0.174. The Kier molecular flexibility index (Phi) is 5.11. The lowest BCUT2D eigenvalue weighted by atomic mass is 9.97. The third-order valence-corrected chi connectivity index (χ3v) is 8.04. The van der Waals surface area contributed by atoms with Crippen molar-refractivity contribution in [3.8, 4) is 5.75 Å². The molecule has 0 unspecified atom stereocenters. The quantitative estimate of drug-likeness (QED) is 0.707. The second-order valence-corrected chi connectivity index (χ2v) is 9.91. The highest BCUT2D eigenvalue weighted by atomic mass is 32.2. The summed E-state index contributed by atoms with van der Waals surface area (Å²) in [6.07, 6.45) is 5.91. The van der Waals surface area contributed by atoms with Gasteiger partial charge in [-0.3, -0.25) is 4.79 Å². The minimum Gasteiger partial charge on any atom is -0.494 e. The number of hydrogen-bond donors (Lipinski definition) is 2. The molecule has 1 aromatic heterocycles. The molecule has 3 heterocycles. The van der Waals surface area contributed by atoms with Gasteiger partial charge in [-0.2, -0.15) is 4.31 Å². The molecule has 8 nitrogen and oxygen atoms in total. The average molecular weight is 444 g/mol. The van der Waals surface area contributed by atoms with Crippen LogP contribution < -0.4 is 10.1 Å². The zero-order valence-corrected chi connectivity index (χ0v) is 18.2. The number of aryl methyl sites for hydroxylation is 1. The van der Waals surface area contributed by atoms with Crippen molar-refractivity contribution in [2.75, 3.05) is 38.7 Å². The maximum absolute atomic E-state index is 13.1. The van der Waals surface area contributed by atoms with Crippen molar-refractivity contribution in [1.29, 1.82) is 0 Å². The number of H-pyrrole nitrogens is 1. The summed E-state index contributed by atoms with van der Waals surface area (Å²) in [4.78, 5) is 16.3. The number of anilines is 1. The van der Waals surface area contributed by atoms with Gasteiger partial charge in [0.05, 0.1) is 36.5 Å². The molecular formula is C22H25N3O5S. The van der Waals surface area contributed by atoms with Crippen LogP contribution in [0.4, 0.5) is 5.69 Å². The molecule has 1 aromatic carbocycles. The van der Waals surface area contributed by atoms with Crippen LogP contribution >= 0.6 is 0 Å². The van der Waals surface area contributed by atoms with Crippen LogP contribution in [-0.4, -0.2) is 57.0 Å². The van der Waals surface area contributed by atoms with Crippen molar-refractivity contribution in [1.82, 2.24) is 9.29 Å². The molecular weight excluding hydrogens is 418 g/mol. The number of fused-ring (bicyclic) bond motifs is 2. The molecule has 1 aliphatic carbocycles. The molecule has 0 atom stereocenters. The lowest BCUT2D eigenvalue weighted by Gasteiger charge is -2.26. The summed E-state index contributed by atoms with van der Waals surface area (Å²) in [6, 6.07) is 4.78. The number of hydrogen-bond acceptors (Lipinski definition) is 5. The van der Waals surface area contributed by atoms with Crippen LogP contribution in [0.3, 0.4) is 0 Å². The molecule has 2 aromatic rings. The second-order valence-electron chi connectivity index (χ2n) is 7.97. The van der Waals surface area contributed by atoms with Crippen LogP contribution in [-0.2, 0) is 32.4 Å². The number of sulfonamides is 1. The third-order valence-electron chi connectivity index (χ3n) is 6.15. The summed E-state index contributed by atoms with van der Waals surface area (Å²) >= 11 is 0. The van der Waals surface area contributed by atoms with Crippen LogP contribution in [0.25, 0.3) is 11.6 Å². The fourth-order valence-electron chi connectivity index (χ4n) is 4.56. The van der Waals surface area contributed by atoms with Crippen molar-refractivity contribution >= 4 is 33.3 Å². The zero-order valence-electron chi connectivity index (χ0n) is 17.4. The normalized spacial score (nSPS) is 20.4. The number of nitrogens with zero attached hydrogens (tertiary/aromatic N) is 1. The summed E-state index contributed by atoms with van der Waals surface area (Å²) in [5, 5.41) is 2.83. The van der Waals surface area contributed by atoms with E-state index < -0.39 is 10.0 Å². The van der Waals surface area contributed by atoms with Gasteiger partial charge in [0.25, 0.3) is 5.91 Å². The van der Waals surface area contributed by atoms with E-state index in [-0.39, 0.29) is 10.8 Å². The van der Waals surface area contributed by atoms with E-state index in [2.05, 4.69) is 10.3 Å². The first kappa shape index (κ1) is 20.3. The number of aromatic amines is 1. The molecule has 0 spiro atoms. The van der Waals surface area contributed by atoms with Crippen LogP contribution in [0.1, 0.15) is 35.4 Å². The van der Waals surface area contributed by atoms with Gasteiger partial charge in [-0.15, -0.1) is 0 Å². The molecule has 1 fully saturated rings. The average Bonchev–Trinajstić information content (AvgIpc) is 3.30. The maximum Gasteiger partial charge on any atom is 0.256 e. The van der Waals surface area contributed by atoms with Crippen LogP contribution in [0.15, 0.2) is 23.1 Å². The number of carbonyl (C=O) groups is 1. The number of carbonyl (C=O) groups excluding carboxylic acids is 1. The fourth-order valence-corrected chi connectivity index (χ4v) is 6.00. The van der Waals surface area contributed by atoms with Gasteiger partial charge in [-0.25, -0.2) is 8.42 Å². The lowest BCUT2D eigenvalue weighted by molar-refractivity contribution is -0.110. The highest BCUT2D eigenvalue weighted by Gasteiger charge is 2.31. The number of amides is 1. The van der Waals surface area contributed by atoms with E-state index in [9.17, 15) is 13.2 Å². The standard InChI is InChI=1S/C22H25N3O5S/c1-29-21-15-4-2-3-5-18(15)23-20(21)13-17-16-12-14(6-7-19(16)24-22(17)26)31(27,28)25-8-10-30-11-9-25/h6-7,12-13,23H,2-5,8-11H2,1H3,(H,24,26). The first-order valence-electron chi connectivity index (χ1n) is 10.5. The van der Waals surface area contributed by atoms with E-state index in [0.29, 0.717) is 43.1 Å². The Balaban J connectivity index is 1.56. The summed E-state index contributed by atoms with van der Waals surface area (Å²) < 4.78 is 38.5. The fraction of sp³-hybridized carbons (Fsp3) is 0.409. The largest absolute Gasteiger partial charge is 0.494 e. The van der Waals surface area contributed by atoms with Gasteiger partial charge in [-0.1, -0.05) is 0 Å². The molecule has 164 valence electrons. The van der Waals surface area contributed by atoms with Gasteiger partial charge in [0, 0.05) is 35.6 Å². The summed E-state index contributed by atoms with van der Waals surface area (Å²) in [5.41, 5.74) is 4.67. The summed E-state index contributed by atoms with van der Waals surface area (Å²) in [6.45, 7) is 1.41. The van der Waals surface area contributed by atoms with Crippen molar-refractivity contribution in [3.05, 3.63) is 40.7 Å². The van der Waals surface area contributed by atoms with Crippen molar-refractivity contribution in [3.63, 3.8) is 0 Å². The molecule has 1 amide bonds. The number of benzene rings is 1. The Morgan fingerprint density at radius 2 is 1.94 bits per heavy atom. The summed E-state index contributed by atoms with van der Waals surface area (Å²) in [7, 11) is -2.02. The number of morpholine rings is 1. The number of aromatic nitrogens is 1. The number of ether oxygens (including phenoxy) is 2. The lowest BCUT2D eigenvalue weighted by Crippen LogP contribution is -2.40. The highest BCUT2D eigenvalue weighted by Crippen LogP contribution is 2.39. The zero-order chi connectivity index (χ0) is 21.6. The van der Waals surface area contributed by atoms with E-state index in [1.54, 1.807) is 31.4 Å². The Morgan fingerprint density at radius 1 is 1.16 bits per heavy atom. The van der Waals surface area contributed by atoms with Crippen LogP contribution in [0.5, 0.6) is 5.75 Å². The van der Waals surface area contributed by atoms with Crippen molar-refractivity contribution < 1.29 is 22.7 Å². The Hall–Kier alpha value is -2.62. The van der Waals surface area contributed by atoms with E-state index >= 15 is 0 Å². The first-order chi connectivity index (χ1) is 15.0.